The first-order valence-electron chi connectivity index (χ1n) is 9.64. The Hall–Kier alpha value is -1.99. The Kier molecular flexibility index (Phi) is 5.14. The second-order valence-electron chi connectivity index (χ2n) is 7.52. The fourth-order valence-corrected chi connectivity index (χ4v) is 4.22. The maximum Gasteiger partial charge on any atom is 0.228 e. The lowest BCUT2D eigenvalue weighted by Crippen LogP contribution is -2.49. The Morgan fingerprint density at radius 3 is 2.59 bits per heavy atom. The number of piperidine rings is 1. The third-order valence-corrected chi connectivity index (χ3v) is 5.82. The second-order valence-corrected chi connectivity index (χ2v) is 7.52. The first-order chi connectivity index (χ1) is 13.1. The van der Waals surface area contributed by atoms with Gasteiger partial charge in [-0.05, 0) is 18.1 Å². The minimum Gasteiger partial charge on any atom is -0.347 e. The summed E-state index contributed by atoms with van der Waals surface area (Å²) in [5.41, 5.74) is 0.595. The van der Waals surface area contributed by atoms with Gasteiger partial charge in [-0.3, -0.25) is 9.59 Å². The third-order valence-electron chi connectivity index (χ3n) is 5.82. The number of halogens is 1. The molecule has 3 fully saturated rings. The largest absolute Gasteiger partial charge is 0.347 e. The molecule has 1 atom stereocenters. The fraction of sp³-hybridized carbons (Fsp3) is 0.600. The van der Waals surface area contributed by atoms with Crippen LogP contribution < -0.4 is 0 Å². The first kappa shape index (κ1) is 18.4. The summed E-state index contributed by atoms with van der Waals surface area (Å²) in [6.07, 6.45) is 2.05. The molecule has 3 aliphatic heterocycles. The summed E-state index contributed by atoms with van der Waals surface area (Å²) in [7, 11) is 0. The predicted molar refractivity (Wildman–Crippen MR) is 95.2 cm³/mol. The van der Waals surface area contributed by atoms with Crippen LogP contribution in [-0.2, 0) is 25.5 Å². The maximum absolute atomic E-state index is 13.7. The Bertz CT molecular complexity index is 710. The molecular weight excluding hydrogens is 351 g/mol. The molecule has 0 aliphatic carbocycles. The Morgan fingerprint density at radius 1 is 1.19 bits per heavy atom. The van der Waals surface area contributed by atoms with E-state index in [9.17, 15) is 14.0 Å². The molecule has 0 bridgehead atoms. The zero-order chi connectivity index (χ0) is 18.9. The first-order valence-corrected chi connectivity index (χ1v) is 9.64. The number of hydrogen-bond acceptors (Lipinski definition) is 4. The molecule has 1 aromatic rings. The molecule has 0 radical (unpaired) electrons. The molecule has 3 heterocycles. The van der Waals surface area contributed by atoms with Gasteiger partial charge < -0.3 is 19.3 Å². The second kappa shape index (κ2) is 7.56. The minimum atomic E-state index is -0.506. The average Bonchev–Trinajstić information content (AvgIpc) is 3.28. The van der Waals surface area contributed by atoms with Crippen LogP contribution in [0.2, 0.25) is 0 Å². The molecular formula is C20H25FN2O4. The number of rotatable bonds is 4. The molecule has 3 aliphatic rings. The van der Waals surface area contributed by atoms with Gasteiger partial charge in [0.2, 0.25) is 11.8 Å². The summed E-state index contributed by atoms with van der Waals surface area (Å²) < 4.78 is 25.1. The van der Waals surface area contributed by atoms with Crippen molar-refractivity contribution in [2.45, 2.75) is 31.5 Å². The molecule has 4 rings (SSSR count). The predicted octanol–water partition coefficient (Wildman–Crippen LogP) is 1.58. The molecule has 1 unspecified atom stereocenters. The van der Waals surface area contributed by atoms with Gasteiger partial charge in [-0.2, -0.15) is 0 Å². The molecule has 0 saturated carbocycles. The van der Waals surface area contributed by atoms with Crippen LogP contribution in [0.5, 0.6) is 0 Å². The smallest absolute Gasteiger partial charge is 0.228 e. The fourth-order valence-electron chi connectivity index (χ4n) is 4.22. The molecule has 1 aromatic carbocycles. The summed E-state index contributed by atoms with van der Waals surface area (Å²) >= 11 is 0. The van der Waals surface area contributed by atoms with Crippen LogP contribution in [0.3, 0.4) is 0 Å². The van der Waals surface area contributed by atoms with E-state index in [1.165, 1.54) is 6.07 Å². The summed E-state index contributed by atoms with van der Waals surface area (Å²) in [5, 5.41) is 0. The van der Waals surface area contributed by atoms with Crippen molar-refractivity contribution in [2.75, 3.05) is 39.4 Å². The van der Waals surface area contributed by atoms with Gasteiger partial charge in [0.15, 0.2) is 5.79 Å². The van der Waals surface area contributed by atoms with E-state index in [0.717, 1.165) is 0 Å². The van der Waals surface area contributed by atoms with Crippen molar-refractivity contribution >= 4 is 11.8 Å². The van der Waals surface area contributed by atoms with Crippen molar-refractivity contribution in [3.8, 4) is 0 Å². The highest BCUT2D eigenvalue weighted by Crippen LogP contribution is 2.32. The number of carbonyl (C=O) groups excluding carboxylic acids is 2. The molecule has 6 nitrogen and oxygen atoms in total. The van der Waals surface area contributed by atoms with E-state index in [2.05, 4.69) is 0 Å². The summed E-state index contributed by atoms with van der Waals surface area (Å²) in [6, 6.07) is 6.60. The van der Waals surface area contributed by atoms with Crippen molar-refractivity contribution in [1.29, 1.82) is 0 Å². The normalized spacial score (nSPS) is 24.8. The molecule has 7 heteroatoms. The van der Waals surface area contributed by atoms with Crippen LogP contribution in [0.1, 0.15) is 24.8 Å². The number of amides is 2. The van der Waals surface area contributed by atoms with E-state index in [4.69, 9.17) is 9.47 Å². The summed E-state index contributed by atoms with van der Waals surface area (Å²) in [5.74, 6) is -1.06. The number of nitrogens with zero attached hydrogens (tertiary/aromatic N) is 2. The lowest BCUT2D eigenvalue weighted by molar-refractivity contribution is -0.188. The van der Waals surface area contributed by atoms with E-state index in [1.54, 1.807) is 23.1 Å². The zero-order valence-corrected chi connectivity index (χ0v) is 15.4. The van der Waals surface area contributed by atoms with Gasteiger partial charge in [0.05, 0.1) is 19.1 Å². The number of ether oxygens (including phenoxy) is 2. The minimum absolute atomic E-state index is 0.0272. The molecule has 1 spiro atoms. The van der Waals surface area contributed by atoms with Gasteiger partial charge in [0.25, 0.3) is 0 Å². The van der Waals surface area contributed by atoms with E-state index in [1.807, 2.05) is 4.90 Å². The van der Waals surface area contributed by atoms with Gasteiger partial charge in [-0.25, -0.2) is 4.39 Å². The molecule has 2 amide bonds. The van der Waals surface area contributed by atoms with Crippen molar-refractivity contribution < 1.29 is 23.5 Å². The molecule has 146 valence electrons. The lowest BCUT2D eigenvalue weighted by Gasteiger charge is -2.38. The Morgan fingerprint density at radius 2 is 1.89 bits per heavy atom. The highest BCUT2D eigenvalue weighted by molar-refractivity contribution is 5.89. The lowest BCUT2D eigenvalue weighted by atomic mass is 10.0. The maximum atomic E-state index is 13.7. The summed E-state index contributed by atoms with van der Waals surface area (Å²) in [6.45, 7) is 3.27. The highest BCUT2D eigenvalue weighted by Gasteiger charge is 2.43. The Labute approximate surface area is 158 Å². The van der Waals surface area contributed by atoms with E-state index in [-0.39, 0.29) is 30.0 Å². The van der Waals surface area contributed by atoms with Crippen LogP contribution in [0.4, 0.5) is 4.39 Å². The van der Waals surface area contributed by atoms with Gasteiger partial charge in [-0.1, -0.05) is 18.2 Å². The molecule has 27 heavy (non-hydrogen) atoms. The zero-order valence-electron chi connectivity index (χ0n) is 15.4. The number of carbonyl (C=O) groups is 2. The molecule has 0 N–H and O–H groups in total. The van der Waals surface area contributed by atoms with Gasteiger partial charge in [0, 0.05) is 45.4 Å². The van der Waals surface area contributed by atoms with Crippen molar-refractivity contribution in [2.24, 2.45) is 5.92 Å². The standard InChI is InChI=1S/C20H25FN2O4/c21-17-4-2-1-3-15(17)5-8-23-14-16(13-18(23)24)19(25)22-9-6-20(7-10-22)26-11-12-27-20/h1-4,16H,5-14H2. The van der Waals surface area contributed by atoms with Crippen LogP contribution in [0, 0.1) is 11.7 Å². The quantitative estimate of drug-likeness (QED) is 0.801. The van der Waals surface area contributed by atoms with Crippen LogP contribution in [0.15, 0.2) is 24.3 Å². The van der Waals surface area contributed by atoms with Crippen LogP contribution in [0.25, 0.3) is 0 Å². The van der Waals surface area contributed by atoms with Crippen LogP contribution in [-0.4, -0.2) is 66.8 Å². The molecule has 0 aromatic heterocycles. The van der Waals surface area contributed by atoms with E-state index in [0.29, 0.717) is 64.2 Å². The van der Waals surface area contributed by atoms with Gasteiger partial charge in [0.1, 0.15) is 5.82 Å². The third kappa shape index (κ3) is 3.84. The van der Waals surface area contributed by atoms with Crippen LogP contribution >= 0.6 is 0 Å². The average molecular weight is 376 g/mol. The van der Waals surface area contributed by atoms with Gasteiger partial charge in [-0.15, -0.1) is 0 Å². The monoisotopic (exact) mass is 376 g/mol. The topological polar surface area (TPSA) is 59.1 Å². The van der Waals surface area contributed by atoms with E-state index >= 15 is 0 Å². The highest BCUT2D eigenvalue weighted by atomic mass is 19.1. The van der Waals surface area contributed by atoms with E-state index < -0.39 is 5.79 Å². The molecule has 3 saturated heterocycles. The number of likely N-dealkylation sites (tertiary alicyclic amines) is 2. The Balaban J connectivity index is 1.29. The van der Waals surface area contributed by atoms with Crippen molar-refractivity contribution in [3.63, 3.8) is 0 Å². The number of benzene rings is 1. The SMILES string of the molecule is O=C1CC(C(=O)N2CCC3(CC2)OCCO3)CN1CCc1ccccc1F. The van der Waals surface area contributed by atoms with Gasteiger partial charge >= 0.3 is 0 Å². The van der Waals surface area contributed by atoms with Crippen molar-refractivity contribution in [3.05, 3.63) is 35.6 Å². The number of hydrogen-bond donors (Lipinski definition) is 0. The summed E-state index contributed by atoms with van der Waals surface area (Å²) in [4.78, 5) is 28.6. The van der Waals surface area contributed by atoms with Crippen molar-refractivity contribution in [1.82, 2.24) is 9.80 Å².